The molecular formula is C20H31N3O2. The van der Waals surface area contributed by atoms with Gasteiger partial charge in [0.2, 0.25) is 0 Å². The third-order valence-corrected chi connectivity index (χ3v) is 4.60. The molecule has 1 heterocycles. The van der Waals surface area contributed by atoms with Gasteiger partial charge < -0.3 is 15.1 Å². The third kappa shape index (κ3) is 5.76. The molecule has 1 aliphatic rings. The van der Waals surface area contributed by atoms with Gasteiger partial charge in [0.05, 0.1) is 0 Å². The van der Waals surface area contributed by atoms with Gasteiger partial charge in [0.25, 0.3) is 5.91 Å². The lowest BCUT2D eigenvalue weighted by Crippen LogP contribution is -2.36. The van der Waals surface area contributed by atoms with E-state index in [4.69, 9.17) is 0 Å². The number of carbonyl (C=O) groups is 2. The van der Waals surface area contributed by atoms with Crippen molar-refractivity contribution >= 4 is 17.6 Å². The number of urea groups is 1. The average Bonchev–Trinajstić information content (AvgIpc) is 3.16. The van der Waals surface area contributed by atoms with Crippen LogP contribution in [-0.2, 0) is 0 Å². The van der Waals surface area contributed by atoms with Gasteiger partial charge in [0.15, 0.2) is 0 Å². The number of hydrogen-bond acceptors (Lipinski definition) is 2. The molecule has 5 nitrogen and oxygen atoms in total. The highest BCUT2D eigenvalue weighted by Gasteiger charge is 2.20. The molecule has 0 unspecified atom stereocenters. The van der Waals surface area contributed by atoms with Crippen LogP contribution in [0.1, 0.15) is 62.7 Å². The van der Waals surface area contributed by atoms with E-state index in [9.17, 15) is 9.59 Å². The first-order valence-electron chi connectivity index (χ1n) is 9.61. The molecule has 2 rings (SSSR count). The van der Waals surface area contributed by atoms with Crippen LogP contribution >= 0.6 is 0 Å². The molecule has 1 N–H and O–H groups in total. The van der Waals surface area contributed by atoms with Crippen LogP contribution in [0.15, 0.2) is 24.3 Å². The Morgan fingerprint density at radius 3 is 2.32 bits per heavy atom. The predicted molar refractivity (Wildman–Crippen MR) is 102 cm³/mol. The highest BCUT2D eigenvalue weighted by Crippen LogP contribution is 2.17. The number of hydrogen-bond donors (Lipinski definition) is 1. The largest absolute Gasteiger partial charge is 0.339 e. The molecule has 0 spiro atoms. The molecule has 0 atom stereocenters. The lowest BCUT2D eigenvalue weighted by atomic mass is 10.1. The molecule has 3 amide bonds. The van der Waals surface area contributed by atoms with E-state index in [0.29, 0.717) is 11.3 Å². The van der Waals surface area contributed by atoms with Gasteiger partial charge in [-0.05, 0) is 43.9 Å². The lowest BCUT2D eigenvalue weighted by Gasteiger charge is -2.23. The summed E-state index contributed by atoms with van der Waals surface area (Å²) < 4.78 is 0. The quantitative estimate of drug-likeness (QED) is 0.761. The van der Waals surface area contributed by atoms with Crippen molar-refractivity contribution in [2.24, 2.45) is 0 Å². The molecule has 1 aliphatic heterocycles. The number of nitrogens with one attached hydrogen (secondary N) is 1. The zero-order valence-corrected chi connectivity index (χ0v) is 15.6. The first-order valence-corrected chi connectivity index (χ1v) is 9.61. The standard InChI is InChI=1S/C20H31N3O2/c1-3-5-12-23(13-6-4-2)20(25)21-18-11-9-10-17(16-18)19(24)22-14-7-8-15-22/h9-11,16H,3-8,12-15H2,1-2H3,(H,21,25). The van der Waals surface area contributed by atoms with Crippen LogP contribution in [-0.4, -0.2) is 47.9 Å². The van der Waals surface area contributed by atoms with Gasteiger partial charge in [-0.1, -0.05) is 32.8 Å². The molecule has 138 valence electrons. The molecule has 1 fully saturated rings. The number of likely N-dealkylation sites (tertiary alicyclic amines) is 1. The van der Waals surface area contributed by atoms with Gasteiger partial charge in [-0.25, -0.2) is 4.79 Å². The Hall–Kier alpha value is -2.04. The van der Waals surface area contributed by atoms with Crippen molar-refractivity contribution in [3.8, 4) is 0 Å². The smallest absolute Gasteiger partial charge is 0.321 e. The van der Waals surface area contributed by atoms with Gasteiger partial charge in [0, 0.05) is 37.4 Å². The summed E-state index contributed by atoms with van der Waals surface area (Å²) in [5.41, 5.74) is 1.33. The van der Waals surface area contributed by atoms with Crippen molar-refractivity contribution in [2.75, 3.05) is 31.5 Å². The highest BCUT2D eigenvalue weighted by atomic mass is 16.2. The van der Waals surface area contributed by atoms with Crippen LogP contribution < -0.4 is 5.32 Å². The first kappa shape index (κ1) is 19.3. The van der Waals surface area contributed by atoms with E-state index in [1.54, 1.807) is 6.07 Å². The SMILES string of the molecule is CCCCN(CCCC)C(=O)Nc1cccc(C(=O)N2CCCC2)c1. The zero-order valence-electron chi connectivity index (χ0n) is 15.6. The molecule has 1 saturated heterocycles. The molecule has 1 aromatic rings. The molecule has 0 aromatic heterocycles. The van der Waals surface area contributed by atoms with E-state index in [0.717, 1.165) is 64.7 Å². The van der Waals surface area contributed by atoms with Gasteiger partial charge >= 0.3 is 6.03 Å². The number of amides is 3. The Kier molecular flexibility index (Phi) is 7.76. The maximum atomic E-state index is 12.6. The van der Waals surface area contributed by atoms with E-state index in [2.05, 4.69) is 19.2 Å². The fraction of sp³-hybridized carbons (Fsp3) is 0.600. The van der Waals surface area contributed by atoms with Crippen LogP contribution in [0, 0.1) is 0 Å². The van der Waals surface area contributed by atoms with Gasteiger partial charge in [-0.3, -0.25) is 4.79 Å². The molecule has 0 aliphatic carbocycles. The minimum Gasteiger partial charge on any atom is -0.339 e. The summed E-state index contributed by atoms with van der Waals surface area (Å²) in [6.07, 6.45) is 6.29. The Bertz CT molecular complexity index is 560. The normalized spacial score (nSPS) is 13.8. The number of unbranched alkanes of at least 4 members (excludes halogenated alkanes) is 2. The minimum absolute atomic E-state index is 0.0578. The van der Waals surface area contributed by atoms with Crippen molar-refractivity contribution in [3.63, 3.8) is 0 Å². The fourth-order valence-electron chi connectivity index (χ4n) is 3.05. The van der Waals surface area contributed by atoms with E-state index in [1.807, 2.05) is 28.0 Å². The van der Waals surface area contributed by atoms with Crippen molar-refractivity contribution in [1.29, 1.82) is 0 Å². The Balaban J connectivity index is 2.01. The van der Waals surface area contributed by atoms with Crippen LogP contribution in [0.5, 0.6) is 0 Å². The average molecular weight is 345 g/mol. The second-order valence-electron chi connectivity index (χ2n) is 6.70. The number of benzene rings is 1. The molecule has 0 radical (unpaired) electrons. The minimum atomic E-state index is -0.0762. The fourth-order valence-corrected chi connectivity index (χ4v) is 3.05. The van der Waals surface area contributed by atoms with Crippen LogP contribution in [0.3, 0.4) is 0 Å². The number of anilines is 1. The van der Waals surface area contributed by atoms with Crippen LogP contribution in [0.4, 0.5) is 10.5 Å². The summed E-state index contributed by atoms with van der Waals surface area (Å²) in [7, 11) is 0. The second kappa shape index (κ2) is 10.1. The summed E-state index contributed by atoms with van der Waals surface area (Å²) in [6.45, 7) is 7.46. The molecule has 5 heteroatoms. The zero-order chi connectivity index (χ0) is 18.1. The van der Waals surface area contributed by atoms with E-state index < -0.39 is 0 Å². The lowest BCUT2D eigenvalue weighted by molar-refractivity contribution is 0.0793. The Morgan fingerprint density at radius 2 is 1.72 bits per heavy atom. The van der Waals surface area contributed by atoms with Crippen molar-refractivity contribution < 1.29 is 9.59 Å². The molecule has 0 saturated carbocycles. The van der Waals surface area contributed by atoms with Crippen molar-refractivity contribution in [2.45, 2.75) is 52.4 Å². The number of rotatable bonds is 8. The van der Waals surface area contributed by atoms with Crippen LogP contribution in [0.25, 0.3) is 0 Å². The summed E-state index contributed by atoms with van der Waals surface area (Å²) in [6, 6.07) is 7.21. The summed E-state index contributed by atoms with van der Waals surface area (Å²) in [5.74, 6) is 0.0578. The summed E-state index contributed by atoms with van der Waals surface area (Å²) >= 11 is 0. The van der Waals surface area contributed by atoms with Crippen molar-refractivity contribution in [1.82, 2.24) is 9.80 Å². The van der Waals surface area contributed by atoms with Crippen LogP contribution in [0.2, 0.25) is 0 Å². The van der Waals surface area contributed by atoms with Gasteiger partial charge in [0.1, 0.15) is 0 Å². The van der Waals surface area contributed by atoms with Crippen molar-refractivity contribution in [3.05, 3.63) is 29.8 Å². The molecule has 0 bridgehead atoms. The monoisotopic (exact) mass is 345 g/mol. The van der Waals surface area contributed by atoms with Gasteiger partial charge in [-0.2, -0.15) is 0 Å². The second-order valence-corrected chi connectivity index (χ2v) is 6.70. The third-order valence-electron chi connectivity index (χ3n) is 4.60. The maximum absolute atomic E-state index is 12.6. The van der Waals surface area contributed by atoms with E-state index in [1.165, 1.54) is 0 Å². The maximum Gasteiger partial charge on any atom is 0.321 e. The van der Waals surface area contributed by atoms with E-state index >= 15 is 0 Å². The number of carbonyl (C=O) groups excluding carboxylic acids is 2. The summed E-state index contributed by atoms with van der Waals surface area (Å²) in [4.78, 5) is 28.8. The molecule has 25 heavy (non-hydrogen) atoms. The Labute approximate surface area is 151 Å². The Morgan fingerprint density at radius 1 is 1.08 bits per heavy atom. The van der Waals surface area contributed by atoms with Gasteiger partial charge in [-0.15, -0.1) is 0 Å². The highest BCUT2D eigenvalue weighted by molar-refractivity contribution is 5.97. The predicted octanol–water partition coefficient (Wildman–Crippen LogP) is 4.36. The molecular weight excluding hydrogens is 314 g/mol. The van der Waals surface area contributed by atoms with E-state index in [-0.39, 0.29) is 11.9 Å². The summed E-state index contributed by atoms with van der Waals surface area (Å²) in [5, 5.41) is 2.96. The topological polar surface area (TPSA) is 52.7 Å². The number of nitrogens with zero attached hydrogens (tertiary/aromatic N) is 2. The first-order chi connectivity index (χ1) is 12.2. The molecule has 1 aromatic carbocycles.